The fraction of sp³-hybridized carbons (Fsp3) is 0.625. The summed E-state index contributed by atoms with van der Waals surface area (Å²) in [6.45, 7) is 4.84. The van der Waals surface area contributed by atoms with Gasteiger partial charge in [-0.1, -0.05) is 42.5 Å². The van der Waals surface area contributed by atoms with E-state index in [1.54, 1.807) is 0 Å². The Morgan fingerprint density at radius 1 is 0.926 bits per heavy atom. The topological polar surface area (TPSA) is 23.6 Å². The van der Waals surface area contributed by atoms with E-state index >= 15 is 0 Å². The zero-order valence-electron chi connectivity index (χ0n) is 16.4. The lowest BCUT2D eigenvalue weighted by molar-refractivity contribution is -0.159. The van der Waals surface area contributed by atoms with Crippen LogP contribution in [-0.2, 0) is 4.79 Å². The van der Waals surface area contributed by atoms with E-state index < -0.39 is 0 Å². The molecule has 4 bridgehead atoms. The normalized spacial score (nSPS) is 35.9. The maximum atomic E-state index is 13.5. The first-order valence-electron chi connectivity index (χ1n) is 10.9. The average molecular weight is 365 g/mol. The predicted octanol–water partition coefficient (Wildman–Crippen LogP) is 4.06. The number of amides is 1. The third-order valence-corrected chi connectivity index (χ3v) is 7.62. The van der Waals surface area contributed by atoms with Crippen LogP contribution in [0.15, 0.2) is 36.4 Å². The van der Waals surface area contributed by atoms with Crippen LogP contribution < -0.4 is 0 Å². The maximum Gasteiger partial charge on any atom is 0.228 e. The number of benzene rings is 1. The molecule has 27 heavy (non-hydrogen) atoms. The smallest absolute Gasteiger partial charge is 0.228 e. The Morgan fingerprint density at radius 2 is 1.52 bits per heavy atom. The van der Waals surface area contributed by atoms with E-state index in [9.17, 15) is 4.79 Å². The molecule has 1 aliphatic heterocycles. The van der Waals surface area contributed by atoms with E-state index in [1.165, 1.54) is 44.1 Å². The summed E-state index contributed by atoms with van der Waals surface area (Å²) in [7, 11) is 0. The van der Waals surface area contributed by atoms with Crippen molar-refractivity contribution in [3.8, 4) is 0 Å². The molecule has 1 amide bonds. The second-order valence-electron chi connectivity index (χ2n) is 9.60. The highest BCUT2D eigenvalue weighted by molar-refractivity contribution is 5.83. The Hall–Kier alpha value is -1.61. The summed E-state index contributed by atoms with van der Waals surface area (Å²) in [5.74, 6) is 3.07. The predicted molar refractivity (Wildman–Crippen MR) is 109 cm³/mol. The molecule has 0 unspecified atom stereocenters. The van der Waals surface area contributed by atoms with Gasteiger partial charge in [0.1, 0.15) is 0 Å². The van der Waals surface area contributed by atoms with Crippen molar-refractivity contribution >= 4 is 12.0 Å². The molecule has 3 nitrogen and oxygen atoms in total. The van der Waals surface area contributed by atoms with Crippen LogP contribution in [0.2, 0.25) is 0 Å². The number of rotatable bonds is 4. The minimum atomic E-state index is 0.0319. The van der Waals surface area contributed by atoms with Gasteiger partial charge in [-0.25, -0.2) is 0 Å². The second-order valence-corrected chi connectivity index (χ2v) is 9.60. The van der Waals surface area contributed by atoms with Crippen LogP contribution in [0.4, 0.5) is 0 Å². The Kier molecular flexibility index (Phi) is 4.59. The first-order valence-corrected chi connectivity index (χ1v) is 10.9. The van der Waals surface area contributed by atoms with Gasteiger partial charge in [-0.05, 0) is 61.8 Å². The minimum absolute atomic E-state index is 0.0319. The molecule has 1 saturated heterocycles. The number of nitrogens with zero attached hydrogens (tertiary/aromatic N) is 2. The zero-order chi connectivity index (χ0) is 18.3. The summed E-state index contributed by atoms with van der Waals surface area (Å²) in [5.41, 5.74) is 1.29. The van der Waals surface area contributed by atoms with Gasteiger partial charge in [0.2, 0.25) is 5.91 Å². The lowest BCUT2D eigenvalue weighted by Crippen LogP contribution is -2.58. The molecule has 0 spiro atoms. The number of carbonyl (C=O) groups excluding carboxylic acids is 1. The standard InChI is InChI=1S/C24H32N2O/c27-23(24-16-20-13-21(17-24)15-22(14-20)18-24)26-11-9-25(10-12-26)8-4-7-19-5-2-1-3-6-19/h1-7,20-22H,8-18H2/b7-4-. The van der Waals surface area contributed by atoms with Gasteiger partial charge >= 0.3 is 0 Å². The molecule has 4 saturated carbocycles. The quantitative estimate of drug-likeness (QED) is 0.804. The zero-order valence-corrected chi connectivity index (χ0v) is 16.4. The first-order chi connectivity index (χ1) is 13.2. The summed E-state index contributed by atoms with van der Waals surface area (Å²) in [6, 6.07) is 10.5. The molecule has 0 radical (unpaired) electrons. The average Bonchev–Trinajstić information content (AvgIpc) is 2.68. The summed E-state index contributed by atoms with van der Waals surface area (Å²) >= 11 is 0. The maximum absolute atomic E-state index is 13.5. The van der Waals surface area contributed by atoms with Crippen molar-refractivity contribution in [2.24, 2.45) is 23.2 Å². The van der Waals surface area contributed by atoms with Crippen molar-refractivity contribution in [1.82, 2.24) is 9.80 Å². The fourth-order valence-electron chi connectivity index (χ4n) is 6.74. The molecule has 0 N–H and O–H groups in total. The molecule has 1 aromatic rings. The third kappa shape index (κ3) is 3.47. The Bertz CT molecular complexity index is 667. The molecule has 3 heteroatoms. The van der Waals surface area contributed by atoms with Gasteiger partial charge in [0.05, 0.1) is 5.41 Å². The SMILES string of the molecule is O=C(N1CCN(C/C=C\c2ccccc2)CC1)C12CC3CC(CC(C3)C1)C2. The van der Waals surface area contributed by atoms with Crippen LogP contribution in [0.5, 0.6) is 0 Å². The van der Waals surface area contributed by atoms with Crippen molar-refractivity contribution in [3.63, 3.8) is 0 Å². The van der Waals surface area contributed by atoms with Crippen LogP contribution >= 0.6 is 0 Å². The summed E-state index contributed by atoms with van der Waals surface area (Å²) in [4.78, 5) is 18.1. The highest BCUT2D eigenvalue weighted by Gasteiger charge is 2.55. The second kappa shape index (κ2) is 7.09. The van der Waals surface area contributed by atoms with E-state index in [1.807, 2.05) is 0 Å². The molecule has 1 aromatic carbocycles. The van der Waals surface area contributed by atoms with E-state index in [0.717, 1.165) is 50.5 Å². The molecule has 4 aliphatic carbocycles. The van der Waals surface area contributed by atoms with E-state index in [2.05, 4.69) is 52.3 Å². The lowest BCUT2D eigenvalue weighted by atomic mass is 9.49. The van der Waals surface area contributed by atoms with E-state index in [-0.39, 0.29) is 5.41 Å². The van der Waals surface area contributed by atoms with Crippen LogP contribution in [0.3, 0.4) is 0 Å². The number of carbonyl (C=O) groups is 1. The molecule has 0 aromatic heterocycles. The largest absolute Gasteiger partial charge is 0.340 e. The highest BCUT2D eigenvalue weighted by atomic mass is 16.2. The van der Waals surface area contributed by atoms with Gasteiger partial charge in [-0.3, -0.25) is 9.69 Å². The summed E-state index contributed by atoms with van der Waals surface area (Å²) in [5, 5.41) is 0. The van der Waals surface area contributed by atoms with Gasteiger partial charge in [0.15, 0.2) is 0 Å². The van der Waals surface area contributed by atoms with Gasteiger partial charge in [0.25, 0.3) is 0 Å². The minimum Gasteiger partial charge on any atom is -0.340 e. The number of piperazine rings is 1. The third-order valence-electron chi connectivity index (χ3n) is 7.62. The van der Waals surface area contributed by atoms with Crippen molar-refractivity contribution in [1.29, 1.82) is 0 Å². The number of hydrogen-bond acceptors (Lipinski definition) is 2. The molecular weight excluding hydrogens is 332 g/mol. The molecule has 0 atom stereocenters. The van der Waals surface area contributed by atoms with Gasteiger partial charge in [-0.2, -0.15) is 0 Å². The van der Waals surface area contributed by atoms with Crippen LogP contribution in [0.1, 0.15) is 44.1 Å². The van der Waals surface area contributed by atoms with Gasteiger partial charge in [0, 0.05) is 32.7 Å². The molecule has 6 rings (SSSR count). The fourth-order valence-corrected chi connectivity index (χ4v) is 6.74. The monoisotopic (exact) mass is 364 g/mol. The van der Waals surface area contributed by atoms with E-state index in [0.29, 0.717) is 5.91 Å². The first kappa shape index (κ1) is 17.5. The Labute approximate surface area is 163 Å². The Balaban J connectivity index is 1.15. The highest BCUT2D eigenvalue weighted by Crippen LogP contribution is 2.60. The summed E-state index contributed by atoms with van der Waals surface area (Å²) in [6.07, 6.45) is 12.3. The molecule has 5 aliphatic rings. The van der Waals surface area contributed by atoms with Crippen molar-refractivity contribution in [2.75, 3.05) is 32.7 Å². The van der Waals surface area contributed by atoms with Crippen molar-refractivity contribution in [2.45, 2.75) is 38.5 Å². The van der Waals surface area contributed by atoms with Crippen LogP contribution in [-0.4, -0.2) is 48.4 Å². The van der Waals surface area contributed by atoms with Crippen molar-refractivity contribution < 1.29 is 4.79 Å². The Morgan fingerprint density at radius 3 is 2.11 bits per heavy atom. The summed E-state index contributed by atoms with van der Waals surface area (Å²) < 4.78 is 0. The van der Waals surface area contributed by atoms with Gasteiger partial charge < -0.3 is 4.90 Å². The van der Waals surface area contributed by atoms with Gasteiger partial charge in [-0.15, -0.1) is 0 Å². The molecular formula is C24H32N2O. The molecule has 1 heterocycles. The molecule has 144 valence electrons. The molecule has 5 fully saturated rings. The van der Waals surface area contributed by atoms with Crippen LogP contribution in [0.25, 0.3) is 6.08 Å². The van der Waals surface area contributed by atoms with Crippen molar-refractivity contribution in [3.05, 3.63) is 42.0 Å². The van der Waals surface area contributed by atoms with E-state index in [4.69, 9.17) is 0 Å². The number of hydrogen-bond donors (Lipinski definition) is 0. The van der Waals surface area contributed by atoms with Crippen LogP contribution in [0, 0.1) is 23.2 Å². The lowest BCUT2D eigenvalue weighted by Gasteiger charge is -2.57.